The van der Waals surface area contributed by atoms with Crippen LogP contribution in [0.5, 0.6) is 0 Å². The van der Waals surface area contributed by atoms with Gasteiger partial charge in [-0.05, 0) is 38.1 Å². The van der Waals surface area contributed by atoms with E-state index in [-0.39, 0.29) is 5.60 Å². The van der Waals surface area contributed by atoms with Gasteiger partial charge in [0.05, 0.1) is 0 Å². The average molecular weight is 216 g/mol. The third kappa shape index (κ3) is 3.98. The summed E-state index contributed by atoms with van der Waals surface area (Å²) in [6.45, 7) is 5.78. The molecule has 0 atom stereocenters. The standard InChI is InChI=1S/C10H14F2OSi/c1-10(2,3)13-14-9-5-7(11)4-8(12)6-9/h4-6H,14H2,1-3H3. The van der Waals surface area contributed by atoms with E-state index in [9.17, 15) is 8.78 Å². The van der Waals surface area contributed by atoms with Gasteiger partial charge in [-0.1, -0.05) is 0 Å². The number of hydrogen-bond acceptors (Lipinski definition) is 1. The van der Waals surface area contributed by atoms with Crippen LogP contribution in [0.1, 0.15) is 20.8 Å². The van der Waals surface area contributed by atoms with Gasteiger partial charge in [0.15, 0.2) is 9.76 Å². The SMILES string of the molecule is CC(C)(C)O[SiH2]c1cc(F)cc(F)c1. The third-order valence-electron chi connectivity index (χ3n) is 1.59. The molecular formula is C10H14F2OSi. The van der Waals surface area contributed by atoms with Crippen LogP contribution >= 0.6 is 0 Å². The average Bonchev–Trinajstić information content (AvgIpc) is 1.97. The molecule has 0 heterocycles. The molecular weight excluding hydrogens is 202 g/mol. The molecule has 1 aromatic rings. The van der Waals surface area contributed by atoms with Crippen molar-refractivity contribution in [1.82, 2.24) is 0 Å². The first-order valence-electron chi connectivity index (χ1n) is 4.46. The van der Waals surface area contributed by atoms with Gasteiger partial charge in [-0.15, -0.1) is 0 Å². The number of hydrogen-bond donors (Lipinski definition) is 0. The molecule has 0 aliphatic heterocycles. The van der Waals surface area contributed by atoms with Crippen molar-refractivity contribution in [1.29, 1.82) is 0 Å². The lowest BCUT2D eigenvalue weighted by molar-refractivity contribution is 0.141. The maximum Gasteiger partial charge on any atom is 0.193 e. The van der Waals surface area contributed by atoms with Crippen LogP contribution in [-0.2, 0) is 4.43 Å². The molecule has 0 fully saturated rings. The lowest BCUT2D eigenvalue weighted by Crippen LogP contribution is -2.29. The molecule has 0 unspecified atom stereocenters. The highest BCUT2D eigenvalue weighted by Gasteiger charge is 2.10. The molecule has 1 nitrogen and oxygen atoms in total. The molecule has 4 heteroatoms. The van der Waals surface area contributed by atoms with Gasteiger partial charge >= 0.3 is 0 Å². The van der Waals surface area contributed by atoms with Gasteiger partial charge in [0.1, 0.15) is 11.6 Å². The van der Waals surface area contributed by atoms with E-state index in [2.05, 4.69) is 0 Å². The molecule has 0 amide bonds. The molecule has 0 radical (unpaired) electrons. The second-order valence-electron chi connectivity index (χ2n) is 4.18. The van der Waals surface area contributed by atoms with E-state index in [0.29, 0.717) is 5.19 Å². The summed E-state index contributed by atoms with van der Waals surface area (Å²) >= 11 is 0. The minimum atomic E-state index is -1.04. The van der Waals surface area contributed by atoms with Gasteiger partial charge in [0.25, 0.3) is 0 Å². The molecule has 0 aliphatic rings. The van der Waals surface area contributed by atoms with Gasteiger partial charge in [-0.2, -0.15) is 0 Å². The van der Waals surface area contributed by atoms with E-state index >= 15 is 0 Å². The molecule has 0 spiro atoms. The summed E-state index contributed by atoms with van der Waals surface area (Å²) in [5.74, 6) is -1.07. The predicted molar refractivity (Wildman–Crippen MR) is 55.4 cm³/mol. The highest BCUT2D eigenvalue weighted by molar-refractivity contribution is 6.47. The highest BCUT2D eigenvalue weighted by Crippen LogP contribution is 2.05. The molecule has 0 saturated heterocycles. The van der Waals surface area contributed by atoms with Crippen LogP contribution in [0.25, 0.3) is 0 Å². The van der Waals surface area contributed by atoms with Crippen LogP contribution in [0.15, 0.2) is 18.2 Å². The lowest BCUT2D eigenvalue weighted by Gasteiger charge is -2.19. The van der Waals surface area contributed by atoms with Crippen molar-refractivity contribution >= 4 is 14.9 Å². The predicted octanol–water partition coefficient (Wildman–Crippen LogP) is 1.49. The van der Waals surface area contributed by atoms with E-state index in [1.54, 1.807) is 0 Å². The van der Waals surface area contributed by atoms with Crippen molar-refractivity contribution in [3.05, 3.63) is 29.8 Å². The molecule has 14 heavy (non-hydrogen) atoms. The Labute approximate surface area is 85.0 Å². The quantitative estimate of drug-likeness (QED) is 0.681. The Morgan fingerprint density at radius 2 is 1.57 bits per heavy atom. The van der Waals surface area contributed by atoms with Crippen molar-refractivity contribution in [2.24, 2.45) is 0 Å². The van der Waals surface area contributed by atoms with E-state index in [1.165, 1.54) is 12.1 Å². The Balaban J connectivity index is 2.68. The summed E-state index contributed by atoms with van der Waals surface area (Å²) in [7, 11) is -1.04. The van der Waals surface area contributed by atoms with E-state index in [4.69, 9.17) is 4.43 Å². The third-order valence-corrected chi connectivity index (χ3v) is 3.35. The normalized spacial score (nSPS) is 12.6. The summed E-state index contributed by atoms with van der Waals surface area (Å²) in [6, 6.07) is 3.54. The summed E-state index contributed by atoms with van der Waals surface area (Å²) < 4.78 is 31.1. The fourth-order valence-corrected chi connectivity index (χ4v) is 2.15. The monoisotopic (exact) mass is 216 g/mol. The van der Waals surface area contributed by atoms with Crippen LogP contribution in [0.4, 0.5) is 8.78 Å². The smallest absolute Gasteiger partial charge is 0.193 e. The highest BCUT2D eigenvalue weighted by atomic mass is 28.2. The zero-order valence-corrected chi connectivity index (χ0v) is 10.0. The van der Waals surface area contributed by atoms with Crippen LogP contribution in [0, 0.1) is 11.6 Å². The Morgan fingerprint density at radius 1 is 1.07 bits per heavy atom. The summed E-state index contributed by atoms with van der Waals surface area (Å²) in [4.78, 5) is 0. The fourth-order valence-electron chi connectivity index (χ4n) is 0.994. The largest absolute Gasteiger partial charge is 0.414 e. The minimum Gasteiger partial charge on any atom is -0.414 e. The molecule has 1 rings (SSSR count). The zero-order chi connectivity index (χ0) is 10.8. The fraction of sp³-hybridized carbons (Fsp3) is 0.400. The minimum absolute atomic E-state index is 0.241. The second-order valence-corrected chi connectivity index (χ2v) is 5.57. The first-order valence-corrected chi connectivity index (χ1v) is 5.74. The van der Waals surface area contributed by atoms with Crippen LogP contribution in [0.2, 0.25) is 0 Å². The number of benzene rings is 1. The molecule has 1 aromatic carbocycles. The van der Waals surface area contributed by atoms with Crippen LogP contribution < -0.4 is 5.19 Å². The van der Waals surface area contributed by atoms with Gasteiger partial charge < -0.3 is 4.43 Å². The topological polar surface area (TPSA) is 9.23 Å². The zero-order valence-electron chi connectivity index (χ0n) is 8.60. The maximum atomic E-state index is 12.8. The molecule has 0 bridgehead atoms. The van der Waals surface area contributed by atoms with E-state index in [0.717, 1.165) is 6.07 Å². The first kappa shape index (κ1) is 11.3. The summed E-state index contributed by atoms with van der Waals surface area (Å²) in [6.07, 6.45) is 0. The maximum absolute atomic E-state index is 12.8. The van der Waals surface area contributed by atoms with Crippen LogP contribution in [-0.4, -0.2) is 15.4 Å². The van der Waals surface area contributed by atoms with Crippen molar-refractivity contribution in [2.75, 3.05) is 0 Å². The Bertz CT molecular complexity index is 300. The Morgan fingerprint density at radius 3 is 2.00 bits per heavy atom. The molecule has 0 aromatic heterocycles. The van der Waals surface area contributed by atoms with E-state index < -0.39 is 21.4 Å². The molecule has 0 aliphatic carbocycles. The Hall–Kier alpha value is -0.743. The molecule has 0 saturated carbocycles. The molecule has 0 N–H and O–H groups in total. The van der Waals surface area contributed by atoms with Crippen molar-refractivity contribution in [3.8, 4) is 0 Å². The second kappa shape index (κ2) is 4.19. The van der Waals surface area contributed by atoms with Gasteiger partial charge in [-0.3, -0.25) is 0 Å². The number of halogens is 2. The summed E-state index contributed by atoms with van der Waals surface area (Å²) in [5, 5.41) is 0.650. The van der Waals surface area contributed by atoms with Gasteiger partial charge in [0, 0.05) is 11.7 Å². The van der Waals surface area contributed by atoms with E-state index in [1.807, 2.05) is 20.8 Å². The van der Waals surface area contributed by atoms with Gasteiger partial charge in [-0.25, -0.2) is 8.78 Å². The summed E-state index contributed by atoms with van der Waals surface area (Å²) in [5.41, 5.74) is -0.241. The van der Waals surface area contributed by atoms with Crippen molar-refractivity contribution in [3.63, 3.8) is 0 Å². The first-order chi connectivity index (χ1) is 6.37. The lowest BCUT2D eigenvalue weighted by atomic mass is 10.2. The molecule has 78 valence electrons. The Kier molecular flexibility index (Phi) is 3.39. The number of rotatable bonds is 2. The van der Waals surface area contributed by atoms with Crippen molar-refractivity contribution in [2.45, 2.75) is 26.4 Å². The van der Waals surface area contributed by atoms with Crippen molar-refractivity contribution < 1.29 is 13.2 Å². The van der Waals surface area contributed by atoms with Gasteiger partial charge in [0.2, 0.25) is 0 Å². The van der Waals surface area contributed by atoms with Crippen LogP contribution in [0.3, 0.4) is 0 Å².